The van der Waals surface area contributed by atoms with Crippen LogP contribution in [0, 0.1) is 19.8 Å². The van der Waals surface area contributed by atoms with E-state index in [9.17, 15) is 14.4 Å². The first-order valence-electron chi connectivity index (χ1n) is 10.5. The second kappa shape index (κ2) is 9.69. The minimum atomic E-state index is -0.480. The van der Waals surface area contributed by atoms with Crippen LogP contribution in [0.5, 0.6) is 0 Å². The summed E-state index contributed by atoms with van der Waals surface area (Å²) >= 11 is 0. The number of rotatable bonds is 8. The Morgan fingerprint density at radius 2 is 1.97 bits per heavy atom. The van der Waals surface area contributed by atoms with Crippen LogP contribution < -0.4 is 0 Å². The molecule has 0 aliphatic heterocycles. The molecule has 7 heteroatoms. The van der Waals surface area contributed by atoms with Crippen LogP contribution in [-0.4, -0.2) is 45.7 Å². The summed E-state index contributed by atoms with van der Waals surface area (Å²) in [5.74, 6) is -0.683. The highest BCUT2D eigenvalue weighted by Gasteiger charge is 2.30. The maximum absolute atomic E-state index is 13.2. The van der Waals surface area contributed by atoms with E-state index in [1.54, 1.807) is 38.1 Å². The van der Waals surface area contributed by atoms with Gasteiger partial charge in [0.25, 0.3) is 0 Å². The molecule has 7 nitrogen and oxygen atoms in total. The highest BCUT2D eigenvalue weighted by Crippen LogP contribution is 2.28. The minimum absolute atomic E-state index is 0.0150. The highest BCUT2D eigenvalue weighted by molar-refractivity contribution is 6.04. The number of hydrogen-bond acceptors (Lipinski definition) is 5. The molecule has 0 bridgehead atoms. The fourth-order valence-corrected chi connectivity index (χ4v) is 4.18. The Balaban J connectivity index is 1.84. The van der Waals surface area contributed by atoms with Gasteiger partial charge in [-0.25, -0.2) is 4.79 Å². The highest BCUT2D eigenvalue weighted by atomic mass is 16.5. The van der Waals surface area contributed by atoms with Crippen molar-refractivity contribution in [3.63, 3.8) is 0 Å². The minimum Gasteiger partial charge on any atom is -0.461 e. The van der Waals surface area contributed by atoms with Gasteiger partial charge in [0, 0.05) is 36.1 Å². The molecule has 2 heterocycles. The van der Waals surface area contributed by atoms with Gasteiger partial charge < -0.3 is 14.6 Å². The lowest BCUT2D eigenvalue weighted by atomic mass is 10.0. The Morgan fingerprint density at radius 3 is 2.60 bits per heavy atom. The molecule has 0 radical (unpaired) electrons. The zero-order valence-corrected chi connectivity index (χ0v) is 17.9. The van der Waals surface area contributed by atoms with Crippen molar-refractivity contribution in [1.82, 2.24) is 14.9 Å². The van der Waals surface area contributed by atoms with Crippen LogP contribution in [0.4, 0.5) is 0 Å². The summed E-state index contributed by atoms with van der Waals surface area (Å²) < 4.78 is 5.07. The number of H-pyrrole nitrogens is 1. The summed E-state index contributed by atoms with van der Waals surface area (Å²) in [5, 5.41) is 0. The van der Waals surface area contributed by atoms with Gasteiger partial charge in [0.1, 0.15) is 5.69 Å². The molecule has 1 amide bonds. The summed E-state index contributed by atoms with van der Waals surface area (Å²) in [6, 6.07) is 3.72. The number of Topliss-reactive ketones (excluding diaryl/α,β-unsaturated/α-hetero) is 1. The van der Waals surface area contributed by atoms with Crippen molar-refractivity contribution in [2.45, 2.75) is 53.0 Å². The van der Waals surface area contributed by atoms with Crippen LogP contribution in [0.15, 0.2) is 24.5 Å². The van der Waals surface area contributed by atoms with Gasteiger partial charge in [-0.2, -0.15) is 0 Å². The van der Waals surface area contributed by atoms with E-state index in [0.717, 1.165) is 31.2 Å². The van der Waals surface area contributed by atoms with E-state index in [2.05, 4.69) is 9.97 Å². The molecule has 0 unspecified atom stereocenters. The maximum atomic E-state index is 13.2. The second-order valence-electron chi connectivity index (χ2n) is 7.81. The number of nitrogens with zero attached hydrogens (tertiary/aromatic N) is 2. The Kier molecular flexibility index (Phi) is 7.03. The number of ketones is 1. The van der Waals surface area contributed by atoms with Crippen LogP contribution in [0.2, 0.25) is 0 Å². The molecule has 1 saturated carbocycles. The van der Waals surface area contributed by atoms with Gasteiger partial charge in [-0.05, 0) is 50.8 Å². The third kappa shape index (κ3) is 4.78. The Bertz CT molecular complexity index is 914. The van der Waals surface area contributed by atoms with E-state index in [1.165, 1.54) is 0 Å². The van der Waals surface area contributed by atoms with E-state index >= 15 is 0 Å². The quantitative estimate of drug-likeness (QED) is 0.529. The van der Waals surface area contributed by atoms with Crippen molar-refractivity contribution in [2.24, 2.45) is 5.92 Å². The number of carbonyl (C=O) groups is 3. The van der Waals surface area contributed by atoms with Gasteiger partial charge in [-0.15, -0.1) is 0 Å². The zero-order valence-electron chi connectivity index (χ0n) is 17.9. The largest absolute Gasteiger partial charge is 0.461 e. The molecule has 160 valence electrons. The van der Waals surface area contributed by atoms with Crippen molar-refractivity contribution in [2.75, 3.05) is 13.2 Å². The predicted molar refractivity (Wildman–Crippen MR) is 112 cm³/mol. The molecular weight excluding hydrogens is 382 g/mol. The van der Waals surface area contributed by atoms with Crippen molar-refractivity contribution in [1.29, 1.82) is 0 Å². The van der Waals surface area contributed by atoms with Gasteiger partial charge in [0.15, 0.2) is 5.78 Å². The van der Waals surface area contributed by atoms with Gasteiger partial charge in [-0.1, -0.05) is 18.9 Å². The molecule has 1 aliphatic carbocycles. The van der Waals surface area contributed by atoms with Crippen molar-refractivity contribution in [3.8, 4) is 0 Å². The van der Waals surface area contributed by atoms with E-state index in [-0.39, 0.29) is 30.8 Å². The first-order valence-corrected chi connectivity index (χ1v) is 10.5. The zero-order chi connectivity index (χ0) is 21.7. The molecular formula is C23H29N3O4. The number of aromatic nitrogens is 2. The molecule has 30 heavy (non-hydrogen) atoms. The van der Waals surface area contributed by atoms with Crippen molar-refractivity contribution >= 4 is 17.7 Å². The number of carbonyl (C=O) groups excluding carboxylic acids is 3. The number of aryl methyl sites for hydroxylation is 1. The topological polar surface area (TPSA) is 92.4 Å². The summed E-state index contributed by atoms with van der Waals surface area (Å²) in [4.78, 5) is 47.3. The van der Waals surface area contributed by atoms with Gasteiger partial charge in [0.2, 0.25) is 5.91 Å². The summed E-state index contributed by atoms with van der Waals surface area (Å²) in [7, 11) is 0. The average Bonchev–Trinajstić information content (AvgIpc) is 3.36. The third-order valence-electron chi connectivity index (χ3n) is 5.64. The molecule has 1 N–H and O–H groups in total. The Hall–Kier alpha value is -2.96. The lowest BCUT2D eigenvalue weighted by Gasteiger charge is -2.25. The molecule has 0 saturated heterocycles. The number of esters is 1. The molecule has 1 aliphatic rings. The van der Waals surface area contributed by atoms with Crippen LogP contribution in [0.3, 0.4) is 0 Å². The maximum Gasteiger partial charge on any atom is 0.355 e. The van der Waals surface area contributed by atoms with Crippen molar-refractivity contribution < 1.29 is 19.1 Å². The normalized spacial score (nSPS) is 14.0. The van der Waals surface area contributed by atoms with Crippen LogP contribution >= 0.6 is 0 Å². The monoisotopic (exact) mass is 411 g/mol. The summed E-state index contributed by atoms with van der Waals surface area (Å²) in [6.45, 7) is 5.78. The van der Waals surface area contributed by atoms with Gasteiger partial charge in [0.05, 0.1) is 13.2 Å². The van der Waals surface area contributed by atoms with E-state index in [4.69, 9.17) is 4.74 Å². The summed E-state index contributed by atoms with van der Waals surface area (Å²) in [5.41, 5.74) is 2.79. The number of nitrogens with one attached hydrogen (secondary N) is 1. The lowest BCUT2D eigenvalue weighted by molar-refractivity contribution is -0.135. The standard InChI is InChI=1S/C23H29N3O4/c1-4-30-23(29)21-15(2)20(16(3)25-21)19(27)14-26(13-17-8-7-11-24-12-17)22(28)18-9-5-6-10-18/h7-8,11-12,18,25H,4-6,9-10,13-14H2,1-3H3. The molecule has 1 fully saturated rings. The van der Waals surface area contributed by atoms with Gasteiger partial charge in [-0.3, -0.25) is 14.6 Å². The fourth-order valence-electron chi connectivity index (χ4n) is 4.18. The van der Waals surface area contributed by atoms with Gasteiger partial charge >= 0.3 is 5.97 Å². The van der Waals surface area contributed by atoms with Crippen molar-refractivity contribution in [3.05, 3.63) is 52.6 Å². The number of ether oxygens (including phenoxy) is 1. The predicted octanol–water partition coefficient (Wildman–Crippen LogP) is 3.60. The Morgan fingerprint density at radius 1 is 1.23 bits per heavy atom. The molecule has 2 aromatic rings. The molecule has 2 aromatic heterocycles. The Labute approximate surface area is 176 Å². The van der Waals surface area contributed by atoms with Crippen LogP contribution in [0.1, 0.15) is 70.3 Å². The number of aromatic amines is 1. The summed E-state index contributed by atoms with van der Waals surface area (Å²) in [6.07, 6.45) is 7.22. The smallest absolute Gasteiger partial charge is 0.355 e. The first kappa shape index (κ1) is 21.7. The lowest BCUT2D eigenvalue weighted by Crippen LogP contribution is -2.38. The number of pyridine rings is 1. The number of hydrogen-bond donors (Lipinski definition) is 1. The fraction of sp³-hybridized carbons (Fsp3) is 0.478. The SMILES string of the molecule is CCOC(=O)c1[nH]c(C)c(C(=O)CN(Cc2cccnc2)C(=O)C2CCCC2)c1C. The van der Waals surface area contributed by atoms with Crippen LogP contribution in [-0.2, 0) is 16.1 Å². The van der Waals surface area contributed by atoms with E-state index < -0.39 is 5.97 Å². The van der Waals surface area contributed by atoms with Crippen LogP contribution in [0.25, 0.3) is 0 Å². The second-order valence-corrected chi connectivity index (χ2v) is 7.81. The third-order valence-corrected chi connectivity index (χ3v) is 5.64. The van der Waals surface area contributed by atoms with E-state index in [0.29, 0.717) is 29.1 Å². The number of amides is 1. The first-order chi connectivity index (χ1) is 14.4. The molecule has 0 spiro atoms. The van der Waals surface area contributed by atoms with E-state index in [1.807, 2.05) is 12.1 Å². The molecule has 0 atom stereocenters. The average molecular weight is 412 g/mol. The molecule has 3 rings (SSSR count). The molecule has 0 aromatic carbocycles.